The molecular formula is C12H16ClNO2. The lowest BCUT2D eigenvalue weighted by Gasteiger charge is -2.22. The SMILES string of the molecule is COC(=O)C(C)N(C)Cc1cccc(Cl)c1. The van der Waals surface area contributed by atoms with Gasteiger partial charge >= 0.3 is 5.97 Å². The number of hydrogen-bond acceptors (Lipinski definition) is 3. The van der Waals surface area contributed by atoms with Crippen molar-refractivity contribution >= 4 is 17.6 Å². The highest BCUT2D eigenvalue weighted by Crippen LogP contribution is 2.13. The van der Waals surface area contributed by atoms with Crippen LogP contribution in [0.4, 0.5) is 0 Å². The molecule has 0 aliphatic rings. The molecule has 1 unspecified atom stereocenters. The minimum atomic E-state index is -0.260. The smallest absolute Gasteiger partial charge is 0.322 e. The number of hydrogen-bond donors (Lipinski definition) is 0. The summed E-state index contributed by atoms with van der Waals surface area (Å²) in [6.07, 6.45) is 0. The fraction of sp³-hybridized carbons (Fsp3) is 0.417. The molecule has 0 radical (unpaired) electrons. The highest BCUT2D eigenvalue weighted by Gasteiger charge is 2.18. The van der Waals surface area contributed by atoms with Crippen LogP contribution >= 0.6 is 11.6 Å². The lowest BCUT2D eigenvalue weighted by atomic mass is 10.2. The second-order valence-electron chi connectivity index (χ2n) is 3.74. The lowest BCUT2D eigenvalue weighted by molar-refractivity contribution is -0.145. The number of likely N-dealkylation sites (N-methyl/N-ethyl adjacent to an activating group) is 1. The molecular weight excluding hydrogens is 226 g/mol. The van der Waals surface area contributed by atoms with Gasteiger partial charge in [0.1, 0.15) is 6.04 Å². The maximum Gasteiger partial charge on any atom is 0.322 e. The summed E-state index contributed by atoms with van der Waals surface area (Å²) in [6, 6.07) is 7.33. The Morgan fingerprint density at radius 2 is 2.25 bits per heavy atom. The number of carbonyl (C=O) groups is 1. The Morgan fingerprint density at radius 1 is 1.56 bits per heavy atom. The first-order chi connectivity index (χ1) is 7.54. The molecule has 0 saturated carbocycles. The second kappa shape index (κ2) is 5.87. The molecule has 0 saturated heterocycles. The molecule has 16 heavy (non-hydrogen) atoms. The zero-order valence-corrected chi connectivity index (χ0v) is 10.5. The number of carbonyl (C=O) groups excluding carboxylic acids is 1. The van der Waals surface area contributed by atoms with Gasteiger partial charge in [-0.2, -0.15) is 0 Å². The molecule has 1 aromatic rings. The Balaban J connectivity index is 2.64. The predicted molar refractivity (Wildman–Crippen MR) is 64.4 cm³/mol. The fourth-order valence-electron chi connectivity index (χ4n) is 1.41. The van der Waals surface area contributed by atoms with Crippen molar-refractivity contribution in [2.75, 3.05) is 14.2 Å². The van der Waals surface area contributed by atoms with E-state index >= 15 is 0 Å². The third kappa shape index (κ3) is 3.51. The minimum absolute atomic E-state index is 0.232. The summed E-state index contributed by atoms with van der Waals surface area (Å²) in [6.45, 7) is 2.48. The number of nitrogens with zero attached hydrogens (tertiary/aromatic N) is 1. The molecule has 0 spiro atoms. The van der Waals surface area contributed by atoms with E-state index in [1.54, 1.807) is 0 Å². The van der Waals surface area contributed by atoms with Crippen LogP contribution in [0.2, 0.25) is 5.02 Å². The minimum Gasteiger partial charge on any atom is -0.468 e. The Morgan fingerprint density at radius 3 is 2.81 bits per heavy atom. The Kier molecular flexibility index (Phi) is 4.77. The highest BCUT2D eigenvalue weighted by molar-refractivity contribution is 6.30. The summed E-state index contributed by atoms with van der Waals surface area (Å²) in [7, 11) is 3.27. The van der Waals surface area contributed by atoms with E-state index in [1.807, 2.05) is 43.1 Å². The molecule has 0 aromatic heterocycles. The van der Waals surface area contributed by atoms with Crippen LogP contribution < -0.4 is 0 Å². The largest absolute Gasteiger partial charge is 0.468 e. The average molecular weight is 242 g/mol. The van der Waals surface area contributed by atoms with Gasteiger partial charge in [0.25, 0.3) is 0 Å². The van der Waals surface area contributed by atoms with Crippen LogP contribution in [0.25, 0.3) is 0 Å². The molecule has 0 heterocycles. The van der Waals surface area contributed by atoms with Crippen LogP contribution in [-0.2, 0) is 16.1 Å². The van der Waals surface area contributed by atoms with Crippen molar-refractivity contribution in [3.8, 4) is 0 Å². The van der Waals surface area contributed by atoms with Crippen LogP contribution in [0.15, 0.2) is 24.3 Å². The number of rotatable bonds is 4. The first-order valence-corrected chi connectivity index (χ1v) is 5.45. The summed E-state index contributed by atoms with van der Waals surface area (Å²) in [4.78, 5) is 13.2. The molecule has 3 nitrogen and oxygen atoms in total. The summed E-state index contributed by atoms with van der Waals surface area (Å²) < 4.78 is 4.69. The second-order valence-corrected chi connectivity index (χ2v) is 4.18. The number of esters is 1. The highest BCUT2D eigenvalue weighted by atomic mass is 35.5. The number of benzene rings is 1. The third-order valence-corrected chi connectivity index (χ3v) is 2.76. The zero-order chi connectivity index (χ0) is 12.1. The summed E-state index contributed by atoms with van der Waals surface area (Å²) in [5.74, 6) is -0.232. The fourth-order valence-corrected chi connectivity index (χ4v) is 1.62. The van der Waals surface area contributed by atoms with E-state index in [4.69, 9.17) is 11.6 Å². The Hall–Kier alpha value is -1.06. The molecule has 0 aliphatic carbocycles. The first-order valence-electron chi connectivity index (χ1n) is 5.07. The van der Waals surface area contributed by atoms with Crippen molar-refractivity contribution in [2.24, 2.45) is 0 Å². The van der Waals surface area contributed by atoms with E-state index in [1.165, 1.54) is 7.11 Å². The zero-order valence-electron chi connectivity index (χ0n) is 9.74. The van der Waals surface area contributed by atoms with Gasteiger partial charge in [0.15, 0.2) is 0 Å². The van der Waals surface area contributed by atoms with Gasteiger partial charge in [0, 0.05) is 11.6 Å². The van der Waals surface area contributed by atoms with E-state index in [-0.39, 0.29) is 12.0 Å². The Labute approximate surface area is 101 Å². The van der Waals surface area contributed by atoms with Crippen molar-refractivity contribution in [1.82, 2.24) is 4.90 Å². The van der Waals surface area contributed by atoms with E-state index in [9.17, 15) is 4.79 Å². The lowest BCUT2D eigenvalue weighted by Crippen LogP contribution is -2.36. The van der Waals surface area contributed by atoms with Gasteiger partial charge in [-0.15, -0.1) is 0 Å². The van der Waals surface area contributed by atoms with E-state index < -0.39 is 0 Å². The van der Waals surface area contributed by atoms with Crippen LogP contribution in [0.3, 0.4) is 0 Å². The number of halogens is 1. The monoisotopic (exact) mass is 241 g/mol. The molecule has 0 bridgehead atoms. The van der Waals surface area contributed by atoms with Gasteiger partial charge < -0.3 is 4.74 Å². The van der Waals surface area contributed by atoms with Crippen LogP contribution in [0.1, 0.15) is 12.5 Å². The molecule has 4 heteroatoms. The summed E-state index contributed by atoms with van der Waals surface area (Å²) in [5.41, 5.74) is 1.07. The van der Waals surface area contributed by atoms with Gasteiger partial charge in [-0.25, -0.2) is 0 Å². The molecule has 1 rings (SSSR count). The maximum absolute atomic E-state index is 11.3. The van der Waals surface area contributed by atoms with Crippen LogP contribution in [0, 0.1) is 0 Å². The molecule has 0 N–H and O–H groups in total. The molecule has 0 fully saturated rings. The average Bonchev–Trinajstić information content (AvgIpc) is 2.27. The topological polar surface area (TPSA) is 29.5 Å². The third-order valence-electron chi connectivity index (χ3n) is 2.52. The standard InChI is InChI=1S/C12H16ClNO2/c1-9(12(15)16-3)14(2)8-10-5-4-6-11(13)7-10/h4-7,9H,8H2,1-3H3. The van der Waals surface area contributed by atoms with Crippen LogP contribution in [0.5, 0.6) is 0 Å². The molecule has 88 valence electrons. The van der Waals surface area contributed by atoms with Crippen molar-refractivity contribution < 1.29 is 9.53 Å². The van der Waals surface area contributed by atoms with Gasteiger partial charge in [0.05, 0.1) is 7.11 Å². The van der Waals surface area contributed by atoms with Gasteiger partial charge in [-0.05, 0) is 31.7 Å². The molecule has 1 atom stereocenters. The van der Waals surface area contributed by atoms with Crippen LogP contribution in [-0.4, -0.2) is 31.1 Å². The van der Waals surface area contributed by atoms with E-state index in [0.717, 1.165) is 5.56 Å². The Bertz CT molecular complexity index is 368. The summed E-state index contributed by atoms with van der Waals surface area (Å²) in [5, 5.41) is 0.705. The van der Waals surface area contributed by atoms with Crippen molar-refractivity contribution in [2.45, 2.75) is 19.5 Å². The maximum atomic E-state index is 11.3. The quantitative estimate of drug-likeness (QED) is 0.758. The van der Waals surface area contributed by atoms with Crippen molar-refractivity contribution in [3.05, 3.63) is 34.9 Å². The van der Waals surface area contributed by atoms with E-state index in [0.29, 0.717) is 11.6 Å². The van der Waals surface area contributed by atoms with Gasteiger partial charge in [-0.1, -0.05) is 23.7 Å². The molecule has 1 aromatic carbocycles. The van der Waals surface area contributed by atoms with E-state index in [2.05, 4.69) is 4.74 Å². The van der Waals surface area contributed by atoms with Gasteiger partial charge in [0.2, 0.25) is 0 Å². The predicted octanol–water partition coefficient (Wildman–Crippen LogP) is 2.33. The van der Waals surface area contributed by atoms with Gasteiger partial charge in [-0.3, -0.25) is 9.69 Å². The summed E-state index contributed by atoms with van der Waals surface area (Å²) >= 11 is 5.89. The first kappa shape index (κ1) is 13.0. The molecule has 0 aliphatic heterocycles. The van der Waals surface area contributed by atoms with Crippen molar-refractivity contribution in [3.63, 3.8) is 0 Å². The van der Waals surface area contributed by atoms with Crippen molar-refractivity contribution in [1.29, 1.82) is 0 Å². The molecule has 0 amide bonds. The normalized spacial score (nSPS) is 12.6. The number of methoxy groups -OCH3 is 1. The number of ether oxygens (including phenoxy) is 1.